The van der Waals surface area contributed by atoms with E-state index < -0.39 is 5.97 Å². The van der Waals surface area contributed by atoms with Gasteiger partial charge in [-0.2, -0.15) is 0 Å². The van der Waals surface area contributed by atoms with Crippen LogP contribution >= 0.6 is 0 Å². The minimum atomic E-state index is -0.424. The van der Waals surface area contributed by atoms with Gasteiger partial charge in [0.05, 0.1) is 6.61 Å². The Morgan fingerprint density at radius 2 is 2.27 bits per heavy atom. The zero-order chi connectivity index (χ0) is 10.7. The van der Waals surface area contributed by atoms with Crippen molar-refractivity contribution >= 4 is 17.5 Å². The smallest absolute Gasteiger partial charge is 0.359 e. The van der Waals surface area contributed by atoms with Gasteiger partial charge in [0.15, 0.2) is 11.5 Å². The number of rotatable bonds is 2. The normalized spacial score (nSPS) is 13.4. The molecule has 0 bridgehead atoms. The molecule has 0 amide bonds. The van der Waals surface area contributed by atoms with E-state index in [1.54, 1.807) is 6.92 Å². The minimum Gasteiger partial charge on any atom is -0.461 e. The number of nitrogens with one attached hydrogen (secondary N) is 2. The van der Waals surface area contributed by atoms with Crippen LogP contribution < -0.4 is 10.6 Å². The molecule has 0 saturated heterocycles. The summed E-state index contributed by atoms with van der Waals surface area (Å²) in [6.07, 6.45) is 1.35. The molecule has 1 aromatic heterocycles. The van der Waals surface area contributed by atoms with Crippen LogP contribution in [0.4, 0.5) is 11.5 Å². The van der Waals surface area contributed by atoms with Crippen LogP contribution in [0.2, 0.25) is 0 Å². The molecule has 0 fully saturated rings. The van der Waals surface area contributed by atoms with Crippen molar-refractivity contribution in [2.45, 2.75) is 6.92 Å². The van der Waals surface area contributed by atoms with E-state index in [1.807, 2.05) is 0 Å². The summed E-state index contributed by atoms with van der Waals surface area (Å²) in [5, 5.41) is 6.16. The fourth-order valence-corrected chi connectivity index (χ4v) is 1.41. The molecule has 15 heavy (non-hydrogen) atoms. The second-order valence-electron chi connectivity index (χ2n) is 3.02. The number of carbonyl (C=O) groups excluding carboxylic acids is 1. The number of nitrogens with zero attached hydrogens (tertiary/aromatic N) is 2. The highest BCUT2D eigenvalue weighted by Gasteiger charge is 2.20. The van der Waals surface area contributed by atoms with E-state index in [-0.39, 0.29) is 5.69 Å². The lowest BCUT2D eigenvalue weighted by Gasteiger charge is -2.19. The third-order valence-electron chi connectivity index (χ3n) is 2.04. The molecule has 1 aliphatic heterocycles. The van der Waals surface area contributed by atoms with Gasteiger partial charge in [-0.15, -0.1) is 0 Å². The molecule has 2 N–H and O–H groups in total. The first-order chi connectivity index (χ1) is 7.33. The number of carbonyl (C=O) groups is 1. The van der Waals surface area contributed by atoms with Crippen molar-refractivity contribution < 1.29 is 9.53 Å². The maximum Gasteiger partial charge on any atom is 0.359 e. The SMILES string of the molecule is CCOC(=O)c1ncnc2c1NCCN2. The minimum absolute atomic E-state index is 0.286. The molecule has 0 atom stereocenters. The van der Waals surface area contributed by atoms with Crippen LogP contribution in [0.5, 0.6) is 0 Å². The molecule has 1 aromatic rings. The molecule has 2 heterocycles. The Balaban J connectivity index is 2.34. The lowest BCUT2D eigenvalue weighted by Crippen LogP contribution is -2.24. The molecule has 0 aromatic carbocycles. The predicted octanol–water partition coefficient (Wildman–Crippen LogP) is 0.491. The van der Waals surface area contributed by atoms with Gasteiger partial charge in [0.2, 0.25) is 0 Å². The van der Waals surface area contributed by atoms with Gasteiger partial charge in [0.1, 0.15) is 12.0 Å². The van der Waals surface area contributed by atoms with E-state index >= 15 is 0 Å². The molecular weight excluding hydrogens is 196 g/mol. The van der Waals surface area contributed by atoms with Gasteiger partial charge in [0.25, 0.3) is 0 Å². The van der Waals surface area contributed by atoms with Crippen molar-refractivity contribution in [3.05, 3.63) is 12.0 Å². The zero-order valence-electron chi connectivity index (χ0n) is 8.41. The second kappa shape index (κ2) is 4.12. The van der Waals surface area contributed by atoms with E-state index in [9.17, 15) is 4.79 Å². The molecule has 0 aliphatic carbocycles. The average molecular weight is 208 g/mol. The number of anilines is 2. The topological polar surface area (TPSA) is 76.1 Å². The maximum atomic E-state index is 11.5. The van der Waals surface area contributed by atoms with E-state index in [0.29, 0.717) is 18.1 Å². The molecule has 6 heteroatoms. The molecule has 80 valence electrons. The number of ether oxygens (including phenoxy) is 1. The fraction of sp³-hybridized carbons (Fsp3) is 0.444. The highest BCUT2D eigenvalue weighted by Crippen LogP contribution is 2.24. The molecule has 0 radical (unpaired) electrons. The third-order valence-corrected chi connectivity index (χ3v) is 2.04. The van der Waals surface area contributed by atoms with Crippen LogP contribution in [0.15, 0.2) is 6.33 Å². The number of aromatic nitrogens is 2. The van der Waals surface area contributed by atoms with Crippen molar-refractivity contribution in [2.24, 2.45) is 0 Å². The van der Waals surface area contributed by atoms with Crippen molar-refractivity contribution in [3.63, 3.8) is 0 Å². The quantitative estimate of drug-likeness (QED) is 0.689. The van der Waals surface area contributed by atoms with Gasteiger partial charge in [-0.05, 0) is 6.92 Å². The highest BCUT2D eigenvalue weighted by atomic mass is 16.5. The van der Waals surface area contributed by atoms with Crippen LogP contribution in [0.1, 0.15) is 17.4 Å². The van der Waals surface area contributed by atoms with Crippen molar-refractivity contribution in [2.75, 3.05) is 30.3 Å². The number of hydrogen-bond acceptors (Lipinski definition) is 6. The van der Waals surface area contributed by atoms with Crippen molar-refractivity contribution in [1.82, 2.24) is 9.97 Å². The summed E-state index contributed by atoms with van der Waals surface area (Å²) in [6.45, 7) is 3.63. The molecular formula is C9H12N4O2. The molecule has 0 spiro atoms. The van der Waals surface area contributed by atoms with Crippen LogP contribution in [0.3, 0.4) is 0 Å². The summed E-state index contributed by atoms with van der Waals surface area (Å²) in [7, 11) is 0. The van der Waals surface area contributed by atoms with Crippen LogP contribution in [0, 0.1) is 0 Å². The summed E-state index contributed by atoms with van der Waals surface area (Å²) in [5.41, 5.74) is 0.913. The predicted molar refractivity (Wildman–Crippen MR) is 55.0 cm³/mol. The van der Waals surface area contributed by atoms with E-state index in [1.165, 1.54) is 6.33 Å². The standard InChI is InChI=1S/C9H12N4O2/c1-2-15-9(14)7-6-8(13-5-12-7)11-4-3-10-6/h5,10H,2-4H2,1H3,(H,11,12,13). The summed E-state index contributed by atoms with van der Waals surface area (Å²) in [4.78, 5) is 19.5. The second-order valence-corrected chi connectivity index (χ2v) is 3.02. The summed E-state index contributed by atoms with van der Waals surface area (Å²) < 4.78 is 4.90. The molecule has 1 aliphatic rings. The Labute approximate surface area is 87.1 Å². The van der Waals surface area contributed by atoms with Gasteiger partial charge in [-0.3, -0.25) is 0 Å². The van der Waals surface area contributed by atoms with Crippen molar-refractivity contribution in [3.8, 4) is 0 Å². The Hall–Kier alpha value is -1.85. The first-order valence-corrected chi connectivity index (χ1v) is 4.82. The Kier molecular flexibility index (Phi) is 2.66. The zero-order valence-corrected chi connectivity index (χ0v) is 8.41. The number of hydrogen-bond donors (Lipinski definition) is 2. The lowest BCUT2D eigenvalue weighted by molar-refractivity contribution is 0.0520. The van der Waals surface area contributed by atoms with Gasteiger partial charge < -0.3 is 15.4 Å². The molecule has 2 rings (SSSR count). The van der Waals surface area contributed by atoms with Crippen molar-refractivity contribution in [1.29, 1.82) is 0 Å². The lowest BCUT2D eigenvalue weighted by atomic mass is 10.2. The van der Waals surface area contributed by atoms with Crippen LogP contribution in [-0.4, -0.2) is 35.6 Å². The van der Waals surface area contributed by atoms with Gasteiger partial charge in [0, 0.05) is 13.1 Å². The molecule has 0 unspecified atom stereocenters. The third kappa shape index (κ3) is 1.83. The molecule has 6 nitrogen and oxygen atoms in total. The highest BCUT2D eigenvalue weighted by molar-refractivity contribution is 5.96. The summed E-state index contributed by atoms with van der Waals surface area (Å²) >= 11 is 0. The summed E-state index contributed by atoms with van der Waals surface area (Å²) in [6, 6.07) is 0. The first-order valence-electron chi connectivity index (χ1n) is 4.82. The van der Waals surface area contributed by atoms with Gasteiger partial charge in [-0.25, -0.2) is 14.8 Å². The average Bonchev–Trinajstić information content (AvgIpc) is 2.28. The fourth-order valence-electron chi connectivity index (χ4n) is 1.41. The summed E-state index contributed by atoms with van der Waals surface area (Å²) in [5.74, 6) is 0.228. The Bertz CT molecular complexity index is 380. The number of esters is 1. The van der Waals surface area contributed by atoms with E-state index in [2.05, 4.69) is 20.6 Å². The largest absolute Gasteiger partial charge is 0.461 e. The van der Waals surface area contributed by atoms with Gasteiger partial charge in [-0.1, -0.05) is 0 Å². The van der Waals surface area contributed by atoms with Crippen LogP contribution in [0.25, 0.3) is 0 Å². The van der Waals surface area contributed by atoms with E-state index in [4.69, 9.17) is 4.74 Å². The number of fused-ring (bicyclic) bond motifs is 1. The van der Waals surface area contributed by atoms with Crippen LogP contribution in [-0.2, 0) is 4.74 Å². The molecule has 0 saturated carbocycles. The Morgan fingerprint density at radius 3 is 3.07 bits per heavy atom. The van der Waals surface area contributed by atoms with Gasteiger partial charge >= 0.3 is 5.97 Å². The Morgan fingerprint density at radius 1 is 1.47 bits per heavy atom. The monoisotopic (exact) mass is 208 g/mol. The maximum absolute atomic E-state index is 11.5. The first kappa shape index (κ1) is 9.70. The van der Waals surface area contributed by atoms with E-state index in [0.717, 1.165) is 13.1 Å².